The Bertz CT molecular complexity index is 427. The van der Waals surface area contributed by atoms with Crippen molar-refractivity contribution >= 4 is 12.1 Å². The molecule has 96 valence electrons. The van der Waals surface area contributed by atoms with Crippen molar-refractivity contribution in [2.45, 2.75) is 18.9 Å². The van der Waals surface area contributed by atoms with Gasteiger partial charge in [-0.2, -0.15) is 0 Å². The summed E-state index contributed by atoms with van der Waals surface area (Å²) in [5.74, 6) is -1.07. The first-order valence-electron chi connectivity index (χ1n) is 5.70. The Morgan fingerprint density at radius 3 is 2.67 bits per heavy atom. The standard InChI is InChI=1S/C12H14N2O4/c15-11(16)10-6-8(7-14(10)12(17)18)5-9-3-1-2-4-13-9/h1-4,8,10H,5-7H2,(H,15,16)(H,17,18)/t8-,10-/m0/s1. The van der Waals surface area contributed by atoms with Crippen LogP contribution in [-0.2, 0) is 11.2 Å². The van der Waals surface area contributed by atoms with Crippen molar-refractivity contribution in [3.05, 3.63) is 30.1 Å². The van der Waals surface area contributed by atoms with E-state index in [2.05, 4.69) is 4.98 Å². The lowest BCUT2D eigenvalue weighted by Crippen LogP contribution is -2.39. The summed E-state index contributed by atoms with van der Waals surface area (Å²) in [6.45, 7) is 0.253. The molecule has 2 rings (SSSR count). The van der Waals surface area contributed by atoms with Crippen LogP contribution in [0.5, 0.6) is 0 Å². The van der Waals surface area contributed by atoms with Crippen LogP contribution in [0, 0.1) is 5.92 Å². The molecule has 1 aliphatic heterocycles. The Hall–Kier alpha value is -2.11. The fourth-order valence-corrected chi connectivity index (χ4v) is 2.33. The summed E-state index contributed by atoms with van der Waals surface area (Å²) in [6.07, 6.45) is 1.45. The Balaban J connectivity index is 2.05. The molecule has 0 bridgehead atoms. The molecule has 2 atom stereocenters. The second-order valence-corrected chi connectivity index (χ2v) is 4.42. The third kappa shape index (κ3) is 2.58. The maximum atomic E-state index is 11.0. The molecule has 0 saturated carbocycles. The summed E-state index contributed by atoms with van der Waals surface area (Å²) in [5.41, 5.74) is 0.860. The van der Waals surface area contributed by atoms with Crippen molar-refractivity contribution in [1.29, 1.82) is 0 Å². The number of carboxylic acid groups (broad SMARTS) is 2. The maximum Gasteiger partial charge on any atom is 0.408 e. The van der Waals surface area contributed by atoms with Crippen LogP contribution in [0.3, 0.4) is 0 Å². The van der Waals surface area contributed by atoms with E-state index in [1.165, 1.54) is 0 Å². The fourth-order valence-electron chi connectivity index (χ4n) is 2.33. The molecule has 0 aliphatic carbocycles. The molecular formula is C12H14N2O4. The largest absolute Gasteiger partial charge is 0.480 e. The number of aromatic nitrogens is 1. The predicted molar refractivity (Wildman–Crippen MR) is 62.2 cm³/mol. The number of pyridine rings is 1. The highest BCUT2D eigenvalue weighted by molar-refractivity contribution is 5.80. The summed E-state index contributed by atoms with van der Waals surface area (Å²) in [4.78, 5) is 27.1. The number of rotatable bonds is 3. The van der Waals surface area contributed by atoms with Gasteiger partial charge in [0.15, 0.2) is 0 Å². The molecule has 2 heterocycles. The van der Waals surface area contributed by atoms with Crippen molar-refractivity contribution in [2.24, 2.45) is 5.92 Å². The van der Waals surface area contributed by atoms with Gasteiger partial charge in [-0.05, 0) is 30.9 Å². The first kappa shape index (κ1) is 12.3. The van der Waals surface area contributed by atoms with Crippen LogP contribution >= 0.6 is 0 Å². The normalized spacial score (nSPS) is 23.0. The number of carboxylic acids is 1. The highest BCUT2D eigenvalue weighted by Gasteiger charge is 2.39. The third-order valence-electron chi connectivity index (χ3n) is 3.14. The number of likely N-dealkylation sites (tertiary alicyclic amines) is 1. The molecule has 1 fully saturated rings. The summed E-state index contributed by atoms with van der Waals surface area (Å²) in [7, 11) is 0. The third-order valence-corrected chi connectivity index (χ3v) is 3.14. The van der Waals surface area contributed by atoms with Gasteiger partial charge in [-0.3, -0.25) is 9.88 Å². The number of hydrogen-bond acceptors (Lipinski definition) is 3. The van der Waals surface area contributed by atoms with E-state index in [-0.39, 0.29) is 12.5 Å². The zero-order chi connectivity index (χ0) is 13.1. The van der Waals surface area contributed by atoms with Crippen molar-refractivity contribution < 1.29 is 19.8 Å². The Labute approximate surface area is 104 Å². The minimum Gasteiger partial charge on any atom is -0.480 e. The molecule has 2 N–H and O–H groups in total. The van der Waals surface area contributed by atoms with Gasteiger partial charge in [0.05, 0.1) is 0 Å². The lowest BCUT2D eigenvalue weighted by atomic mass is 9.99. The second kappa shape index (κ2) is 5.03. The van der Waals surface area contributed by atoms with Crippen LogP contribution in [0.4, 0.5) is 4.79 Å². The monoisotopic (exact) mass is 250 g/mol. The number of amides is 1. The van der Waals surface area contributed by atoms with Crippen LogP contribution in [0.2, 0.25) is 0 Å². The molecule has 1 aromatic heterocycles. The van der Waals surface area contributed by atoms with Gasteiger partial charge in [0.2, 0.25) is 0 Å². The molecule has 6 nitrogen and oxygen atoms in total. The molecule has 0 aromatic carbocycles. The van der Waals surface area contributed by atoms with Gasteiger partial charge in [0.1, 0.15) is 6.04 Å². The van der Waals surface area contributed by atoms with E-state index in [4.69, 9.17) is 10.2 Å². The molecular weight excluding hydrogens is 236 g/mol. The smallest absolute Gasteiger partial charge is 0.408 e. The SMILES string of the molecule is O=C(O)[C@@H]1C[C@H](Cc2ccccn2)CN1C(=O)O. The molecule has 1 aliphatic rings. The van der Waals surface area contributed by atoms with Crippen LogP contribution < -0.4 is 0 Å². The highest BCUT2D eigenvalue weighted by Crippen LogP contribution is 2.26. The zero-order valence-corrected chi connectivity index (χ0v) is 9.69. The van der Waals surface area contributed by atoms with Crippen LogP contribution in [0.15, 0.2) is 24.4 Å². The molecule has 0 spiro atoms. The van der Waals surface area contributed by atoms with Crippen LogP contribution in [0.1, 0.15) is 12.1 Å². The fraction of sp³-hybridized carbons (Fsp3) is 0.417. The molecule has 1 saturated heterocycles. The van der Waals surface area contributed by atoms with Crippen LogP contribution in [-0.4, -0.2) is 44.7 Å². The lowest BCUT2D eigenvalue weighted by Gasteiger charge is -2.16. The second-order valence-electron chi connectivity index (χ2n) is 4.42. The van der Waals surface area contributed by atoms with E-state index in [1.54, 1.807) is 6.20 Å². The number of nitrogens with zero attached hydrogens (tertiary/aromatic N) is 2. The van der Waals surface area contributed by atoms with E-state index in [1.807, 2.05) is 18.2 Å². The lowest BCUT2D eigenvalue weighted by molar-refractivity contribution is -0.141. The minimum atomic E-state index is -1.18. The van der Waals surface area contributed by atoms with E-state index >= 15 is 0 Å². The summed E-state index contributed by atoms with van der Waals surface area (Å²) in [6, 6.07) is 4.60. The summed E-state index contributed by atoms with van der Waals surface area (Å²) in [5, 5.41) is 18.0. The Morgan fingerprint density at radius 2 is 2.17 bits per heavy atom. The van der Waals surface area contributed by atoms with Gasteiger partial charge in [0.25, 0.3) is 0 Å². The molecule has 18 heavy (non-hydrogen) atoms. The van der Waals surface area contributed by atoms with Crippen molar-refractivity contribution in [2.75, 3.05) is 6.54 Å². The molecule has 1 aromatic rings. The number of carbonyl (C=O) groups is 2. The summed E-state index contributed by atoms with van der Waals surface area (Å²) < 4.78 is 0. The molecule has 0 radical (unpaired) electrons. The molecule has 0 unspecified atom stereocenters. The minimum absolute atomic E-state index is 0.0112. The first-order chi connectivity index (χ1) is 8.58. The average Bonchev–Trinajstić information content (AvgIpc) is 2.74. The van der Waals surface area contributed by atoms with Crippen LogP contribution in [0.25, 0.3) is 0 Å². The Kier molecular flexibility index (Phi) is 3.45. The zero-order valence-electron chi connectivity index (χ0n) is 9.69. The van der Waals surface area contributed by atoms with Gasteiger partial charge >= 0.3 is 12.1 Å². The van der Waals surface area contributed by atoms with Crippen molar-refractivity contribution in [1.82, 2.24) is 9.88 Å². The van der Waals surface area contributed by atoms with Crippen molar-refractivity contribution in [3.8, 4) is 0 Å². The number of aliphatic carboxylic acids is 1. The number of hydrogen-bond donors (Lipinski definition) is 2. The average molecular weight is 250 g/mol. The van der Waals surface area contributed by atoms with E-state index in [0.717, 1.165) is 10.6 Å². The van der Waals surface area contributed by atoms with E-state index < -0.39 is 18.1 Å². The quantitative estimate of drug-likeness (QED) is 0.837. The maximum absolute atomic E-state index is 11.0. The van der Waals surface area contributed by atoms with Gasteiger partial charge in [-0.15, -0.1) is 0 Å². The van der Waals surface area contributed by atoms with Gasteiger partial charge < -0.3 is 10.2 Å². The van der Waals surface area contributed by atoms with Gasteiger partial charge in [-0.25, -0.2) is 9.59 Å². The topological polar surface area (TPSA) is 90.7 Å². The summed E-state index contributed by atoms with van der Waals surface area (Å²) >= 11 is 0. The van der Waals surface area contributed by atoms with E-state index in [0.29, 0.717) is 12.8 Å². The van der Waals surface area contributed by atoms with Crippen molar-refractivity contribution in [3.63, 3.8) is 0 Å². The first-order valence-corrected chi connectivity index (χ1v) is 5.70. The van der Waals surface area contributed by atoms with E-state index in [9.17, 15) is 9.59 Å². The van der Waals surface area contributed by atoms with Gasteiger partial charge in [-0.1, -0.05) is 6.07 Å². The molecule has 1 amide bonds. The molecule has 6 heteroatoms. The highest BCUT2D eigenvalue weighted by atomic mass is 16.4. The Morgan fingerprint density at radius 1 is 1.39 bits per heavy atom. The van der Waals surface area contributed by atoms with Gasteiger partial charge in [0, 0.05) is 18.4 Å². The predicted octanol–water partition coefficient (Wildman–Crippen LogP) is 1.08.